The summed E-state index contributed by atoms with van der Waals surface area (Å²) in [6.07, 6.45) is 1.14. The summed E-state index contributed by atoms with van der Waals surface area (Å²) in [7, 11) is 1.53. The van der Waals surface area contributed by atoms with E-state index in [1.54, 1.807) is 6.20 Å². The number of pyridine rings is 1. The first kappa shape index (κ1) is 24.6. The molecule has 0 aliphatic rings. The summed E-state index contributed by atoms with van der Waals surface area (Å²) in [6, 6.07) is 3.85. The van der Waals surface area contributed by atoms with Gasteiger partial charge in [-0.05, 0) is 0 Å². The molecule has 0 spiro atoms. The first-order chi connectivity index (χ1) is 14.7. The van der Waals surface area contributed by atoms with E-state index in [9.17, 15) is 9.59 Å². The van der Waals surface area contributed by atoms with Crippen LogP contribution in [0.15, 0.2) is 22.8 Å². The molecule has 1 atom stereocenters. The normalized spacial score (nSPS) is 12.7. The van der Waals surface area contributed by atoms with E-state index in [-0.39, 0.29) is 4.76 Å². The van der Waals surface area contributed by atoms with Gasteiger partial charge in [0.15, 0.2) is 0 Å². The van der Waals surface area contributed by atoms with Crippen molar-refractivity contribution in [3.63, 3.8) is 0 Å². The fourth-order valence-corrected chi connectivity index (χ4v) is 6.76. The summed E-state index contributed by atoms with van der Waals surface area (Å²) in [5.41, 5.74) is 0.664. The van der Waals surface area contributed by atoms with Gasteiger partial charge in [-0.1, -0.05) is 0 Å². The summed E-state index contributed by atoms with van der Waals surface area (Å²) in [4.78, 5) is 30.4. The number of aromatic nitrogens is 2. The molecule has 2 aromatic heterocycles. The number of halogens is 1. The molecular formula is C23H28AsBrN2O5. The maximum atomic E-state index is 13.3. The predicted octanol–water partition coefficient (Wildman–Crippen LogP) is 5.05. The Morgan fingerprint density at radius 2 is 1.69 bits per heavy atom. The molecule has 3 aromatic rings. The van der Waals surface area contributed by atoms with E-state index in [2.05, 4.69) is 20.9 Å². The van der Waals surface area contributed by atoms with Crippen LogP contribution >= 0.6 is 15.9 Å². The average molecular weight is 567 g/mol. The van der Waals surface area contributed by atoms with Gasteiger partial charge in [0.05, 0.1) is 0 Å². The molecule has 3 rings (SSSR count). The second-order valence-electron chi connectivity index (χ2n) is 9.49. The Morgan fingerprint density at radius 3 is 2.25 bits per heavy atom. The van der Waals surface area contributed by atoms with Crippen LogP contribution in [0, 0.1) is 6.92 Å². The maximum absolute atomic E-state index is 13.3. The molecule has 0 fully saturated rings. The average Bonchev–Trinajstić information content (AvgIpc) is 2.93. The zero-order chi connectivity index (χ0) is 24.0. The van der Waals surface area contributed by atoms with Crippen LogP contribution < -0.4 is 9.09 Å². The molecule has 32 heavy (non-hydrogen) atoms. The molecule has 0 bridgehead atoms. The van der Waals surface area contributed by atoms with Crippen molar-refractivity contribution in [1.82, 2.24) is 9.55 Å². The number of nitrogens with zero attached hydrogens (tertiary/aromatic N) is 2. The number of methoxy groups -OCH3 is 1. The molecular weight excluding hydrogens is 539 g/mol. The van der Waals surface area contributed by atoms with Gasteiger partial charge in [-0.2, -0.15) is 0 Å². The van der Waals surface area contributed by atoms with Crippen LogP contribution in [0.5, 0.6) is 5.75 Å². The molecule has 7 nitrogen and oxygen atoms in total. The van der Waals surface area contributed by atoms with Crippen molar-refractivity contribution in [2.24, 2.45) is 0 Å². The SMILES string of the molecule is COc1c([AsH]C(=O)OC(C)(C)C)cc(Br)c2c3cc(C)cnc3n(C(=O)OC(C)(C)C)c12. The zero-order valence-electron chi connectivity index (χ0n) is 19.5. The van der Waals surface area contributed by atoms with Crippen LogP contribution in [-0.4, -0.2) is 54.5 Å². The predicted molar refractivity (Wildman–Crippen MR) is 131 cm³/mol. The van der Waals surface area contributed by atoms with Gasteiger partial charge in [-0.3, -0.25) is 0 Å². The van der Waals surface area contributed by atoms with E-state index in [4.69, 9.17) is 14.2 Å². The van der Waals surface area contributed by atoms with Gasteiger partial charge < -0.3 is 0 Å². The van der Waals surface area contributed by atoms with Crippen LogP contribution in [0.25, 0.3) is 21.9 Å². The Morgan fingerprint density at radius 1 is 1.06 bits per heavy atom. The molecule has 0 saturated heterocycles. The molecule has 0 saturated carbocycles. The summed E-state index contributed by atoms with van der Waals surface area (Å²) in [5.74, 6) is 0.454. The number of hydrogen-bond donors (Lipinski definition) is 0. The molecule has 1 aromatic carbocycles. The van der Waals surface area contributed by atoms with Crippen molar-refractivity contribution in [2.75, 3.05) is 7.11 Å². The molecule has 0 amide bonds. The van der Waals surface area contributed by atoms with E-state index in [1.165, 1.54) is 11.7 Å². The number of rotatable bonds is 3. The van der Waals surface area contributed by atoms with Crippen molar-refractivity contribution in [3.05, 3.63) is 28.4 Å². The molecule has 0 N–H and O–H groups in total. The fraction of sp³-hybridized carbons (Fsp3) is 0.435. The number of ether oxygens (including phenoxy) is 3. The molecule has 0 radical (unpaired) electrons. The molecule has 172 valence electrons. The minimum absolute atomic E-state index is 0.268. The van der Waals surface area contributed by atoms with Gasteiger partial charge in [0, 0.05) is 0 Å². The van der Waals surface area contributed by atoms with Gasteiger partial charge in [0.25, 0.3) is 0 Å². The molecule has 0 aliphatic heterocycles. The van der Waals surface area contributed by atoms with Gasteiger partial charge >= 0.3 is 203 Å². The molecule has 9 heteroatoms. The number of benzene rings is 1. The quantitative estimate of drug-likeness (QED) is 0.413. The second-order valence-corrected chi connectivity index (χ2v) is 12.9. The monoisotopic (exact) mass is 566 g/mol. The van der Waals surface area contributed by atoms with Gasteiger partial charge in [-0.25, -0.2) is 0 Å². The third kappa shape index (κ3) is 5.12. The Hall–Kier alpha value is -2.05. The van der Waals surface area contributed by atoms with Crippen molar-refractivity contribution in [2.45, 2.75) is 59.7 Å². The Kier molecular flexibility index (Phi) is 6.69. The number of carbonyl (C=O) groups is 2. The zero-order valence-corrected chi connectivity index (χ0v) is 23.2. The number of carbonyl (C=O) groups excluding carboxylic acids is 2. The Bertz CT molecular complexity index is 1220. The Balaban J connectivity index is 2.33. The topological polar surface area (TPSA) is 79.7 Å². The van der Waals surface area contributed by atoms with Crippen LogP contribution in [0.3, 0.4) is 0 Å². The van der Waals surface area contributed by atoms with Gasteiger partial charge in [0.1, 0.15) is 0 Å². The minimum atomic E-state index is -1.38. The van der Waals surface area contributed by atoms with Gasteiger partial charge in [-0.15, -0.1) is 0 Å². The van der Waals surface area contributed by atoms with Crippen molar-refractivity contribution >= 4 is 68.8 Å². The van der Waals surface area contributed by atoms with Crippen LogP contribution in [0.4, 0.5) is 9.59 Å². The van der Waals surface area contributed by atoms with Crippen LogP contribution in [-0.2, 0) is 9.47 Å². The van der Waals surface area contributed by atoms with E-state index >= 15 is 0 Å². The van der Waals surface area contributed by atoms with Crippen LogP contribution in [0.2, 0.25) is 0 Å². The third-order valence-electron chi connectivity index (χ3n) is 4.33. The third-order valence-corrected chi connectivity index (χ3v) is 6.94. The summed E-state index contributed by atoms with van der Waals surface area (Å²) in [5, 5.41) is 1.57. The fourth-order valence-electron chi connectivity index (χ4n) is 3.32. The number of aryl methyl sites for hydroxylation is 1. The molecule has 0 aliphatic carbocycles. The van der Waals surface area contributed by atoms with E-state index in [0.717, 1.165) is 20.8 Å². The van der Waals surface area contributed by atoms with E-state index in [1.807, 2.05) is 60.6 Å². The second kappa shape index (κ2) is 8.71. The summed E-state index contributed by atoms with van der Waals surface area (Å²) in [6.45, 7) is 12.9. The first-order valence-corrected chi connectivity index (χ1v) is 13.0. The first-order valence-electron chi connectivity index (χ1n) is 10.1. The number of fused-ring (bicyclic) bond motifs is 3. The molecule has 2 heterocycles. The van der Waals surface area contributed by atoms with Crippen molar-refractivity contribution in [3.8, 4) is 5.75 Å². The van der Waals surface area contributed by atoms with E-state index < -0.39 is 33.0 Å². The van der Waals surface area contributed by atoms with Crippen molar-refractivity contribution < 1.29 is 23.8 Å². The van der Waals surface area contributed by atoms with Gasteiger partial charge in [0.2, 0.25) is 0 Å². The van der Waals surface area contributed by atoms with E-state index in [0.29, 0.717) is 21.3 Å². The number of hydrogen-bond acceptors (Lipinski definition) is 6. The summed E-state index contributed by atoms with van der Waals surface area (Å²) >= 11 is 2.27. The summed E-state index contributed by atoms with van der Waals surface area (Å²) < 4.78 is 19.6. The van der Waals surface area contributed by atoms with Crippen molar-refractivity contribution in [1.29, 1.82) is 0 Å². The molecule has 1 unspecified atom stereocenters. The Labute approximate surface area is 202 Å². The van der Waals surface area contributed by atoms with Crippen LogP contribution in [0.1, 0.15) is 47.1 Å². The standard InChI is InChI=1S/C23H28AsBrN2O5/c1-12-9-13-16-15(25)10-14(24-20(28)31-22(2,3)4)18(30-8)17(16)27(19(13)26-11-12)21(29)32-23(5,6)7/h9-11,24H,1-8H3.